The summed E-state index contributed by atoms with van der Waals surface area (Å²) < 4.78 is 6.33. The number of furan rings is 1. The van der Waals surface area contributed by atoms with Crippen molar-refractivity contribution in [1.82, 2.24) is 24.9 Å². The third kappa shape index (κ3) is 2.83. The lowest BCUT2D eigenvalue weighted by Gasteiger charge is -2.00. The van der Waals surface area contributed by atoms with Crippen LogP contribution in [0.25, 0.3) is 5.78 Å². The molecule has 3 aromatic heterocycles. The molecule has 0 aliphatic heterocycles. The number of nitrogens with one attached hydrogen (secondary N) is 2. The second kappa shape index (κ2) is 5.23. The van der Waals surface area contributed by atoms with Crippen LogP contribution in [0.1, 0.15) is 17.3 Å². The Bertz CT molecular complexity index is 831. The van der Waals surface area contributed by atoms with E-state index in [1.54, 1.807) is 25.3 Å². The first-order valence-electron chi connectivity index (χ1n) is 6.36. The van der Waals surface area contributed by atoms with Gasteiger partial charge in [0.1, 0.15) is 11.6 Å². The summed E-state index contributed by atoms with van der Waals surface area (Å²) in [5.41, 5.74) is 0.326. The van der Waals surface area contributed by atoms with Crippen LogP contribution < -0.4 is 10.9 Å². The van der Waals surface area contributed by atoms with E-state index in [9.17, 15) is 9.59 Å². The number of aryl methyl sites for hydroxylation is 1. The second-order valence-corrected chi connectivity index (χ2v) is 4.57. The Kier molecular flexibility index (Phi) is 3.27. The molecule has 0 bridgehead atoms. The van der Waals surface area contributed by atoms with Crippen molar-refractivity contribution < 1.29 is 9.21 Å². The summed E-state index contributed by atoms with van der Waals surface area (Å²) in [6.45, 7) is 2.02. The highest BCUT2D eigenvalue weighted by Crippen LogP contribution is 2.00. The third-order valence-electron chi connectivity index (χ3n) is 2.87. The highest BCUT2D eigenvalue weighted by molar-refractivity contribution is 5.77. The molecular formula is C13H13N5O3. The molecule has 108 valence electrons. The zero-order valence-electron chi connectivity index (χ0n) is 11.3. The van der Waals surface area contributed by atoms with Crippen LogP contribution in [0, 0.1) is 6.92 Å². The normalized spacial score (nSPS) is 10.9. The molecule has 8 nitrogen and oxygen atoms in total. The van der Waals surface area contributed by atoms with Gasteiger partial charge >= 0.3 is 0 Å². The lowest BCUT2D eigenvalue weighted by molar-refractivity contribution is -0.120. The fraction of sp³-hybridized carbons (Fsp3) is 0.231. The Morgan fingerprint density at radius 1 is 1.48 bits per heavy atom. The Labute approximate surface area is 118 Å². The lowest BCUT2D eigenvalue weighted by Crippen LogP contribution is -2.25. The minimum Gasteiger partial charge on any atom is -0.467 e. The van der Waals surface area contributed by atoms with Gasteiger partial charge in [0.25, 0.3) is 11.3 Å². The molecule has 21 heavy (non-hydrogen) atoms. The predicted octanol–water partition coefficient (Wildman–Crippen LogP) is 0.178. The topological polar surface area (TPSA) is 105 Å². The Balaban J connectivity index is 1.71. The van der Waals surface area contributed by atoms with Gasteiger partial charge in [-0.1, -0.05) is 0 Å². The van der Waals surface area contributed by atoms with Crippen LogP contribution in [-0.4, -0.2) is 25.5 Å². The summed E-state index contributed by atoms with van der Waals surface area (Å²) in [4.78, 5) is 31.8. The molecule has 0 aliphatic rings. The molecule has 0 unspecified atom stereocenters. The first kappa shape index (κ1) is 13.1. The molecule has 0 radical (unpaired) electrons. The van der Waals surface area contributed by atoms with Gasteiger partial charge in [-0.2, -0.15) is 9.50 Å². The fourth-order valence-electron chi connectivity index (χ4n) is 1.93. The molecule has 3 rings (SSSR count). The summed E-state index contributed by atoms with van der Waals surface area (Å²) in [7, 11) is 0. The van der Waals surface area contributed by atoms with E-state index >= 15 is 0 Å². The highest BCUT2D eigenvalue weighted by Gasteiger charge is 2.10. The number of aromatic nitrogens is 4. The van der Waals surface area contributed by atoms with E-state index in [0.717, 1.165) is 0 Å². The third-order valence-corrected chi connectivity index (χ3v) is 2.87. The van der Waals surface area contributed by atoms with Crippen LogP contribution in [0.15, 0.2) is 33.7 Å². The molecular weight excluding hydrogens is 274 g/mol. The molecule has 0 aromatic carbocycles. The molecule has 0 saturated heterocycles. The molecule has 3 heterocycles. The second-order valence-electron chi connectivity index (χ2n) is 4.57. The van der Waals surface area contributed by atoms with Gasteiger partial charge in [0.15, 0.2) is 0 Å². The number of hydrogen-bond donors (Lipinski definition) is 2. The minimum atomic E-state index is -0.257. The minimum absolute atomic E-state index is 0.0303. The van der Waals surface area contributed by atoms with Gasteiger partial charge in [0.2, 0.25) is 5.91 Å². The van der Waals surface area contributed by atoms with Gasteiger partial charge in [-0.05, 0) is 19.1 Å². The van der Waals surface area contributed by atoms with Crippen LogP contribution in [0.3, 0.4) is 0 Å². The maximum atomic E-state index is 11.8. The zero-order valence-corrected chi connectivity index (χ0v) is 11.3. The Morgan fingerprint density at radius 2 is 2.33 bits per heavy atom. The van der Waals surface area contributed by atoms with E-state index in [1.165, 1.54) is 10.6 Å². The lowest BCUT2D eigenvalue weighted by atomic mass is 10.3. The number of carbonyl (C=O) groups is 1. The number of H-pyrrole nitrogens is 1. The van der Waals surface area contributed by atoms with E-state index in [1.807, 2.05) is 0 Å². The molecule has 2 N–H and O–H groups in total. The largest absolute Gasteiger partial charge is 0.467 e. The number of aromatic amines is 1. The fourth-order valence-corrected chi connectivity index (χ4v) is 1.93. The standard InChI is InChI=1S/C13H13N5O3/c1-8-5-12(20)18-13(15-8)16-10(17-18)6-11(19)14-7-9-3-2-4-21-9/h2-5H,6-7H2,1H3,(H,14,19)(H,15,16,17). The molecule has 0 atom stereocenters. The average Bonchev–Trinajstić information content (AvgIpc) is 3.05. The van der Waals surface area contributed by atoms with E-state index in [-0.39, 0.29) is 23.7 Å². The van der Waals surface area contributed by atoms with Gasteiger partial charge in [0, 0.05) is 11.8 Å². The first-order chi connectivity index (χ1) is 10.1. The van der Waals surface area contributed by atoms with E-state index in [4.69, 9.17) is 4.42 Å². The van der Waals surface area contributed by atoms with Crippen LogP contribution in [0.4, 0.5) is 0 Å². The number of nitrogens with zero attached hydrogens (tertiary/aromatic N) is 3. The van der Waals surface area contributed by atoms with E-state index < -0.39 is 0 Å². The number of amides is 1. The summed E-state index contributed by atoms with van der Waals surface area (Å²) in [5.74, 6) is 1.08. The van der Waals surface area contributed by atoms with Crippen molar-refractivity contribution >= 4 is 11.7 Å². The van der Waals surface area contributed by atoms with Crippen molar-refractivity contribution in [2.45, 2.75) is 19.9 Å². The SMILES string of the molecule is Cc1cc(=O)n2[nH]c(CC(=O)NCc3ccco3)nc2n1. The van der Waals surface area contributed by atoms with Crippen molar-refractivity contribution in [2.24, 2.45) is 0 Å². The van der Waals surface area contributed by atoms with Crippen molar-refractivity contribution in [2.75, 3.05) is 0 Å². The summed E-state index contributed by atoms with van der Waals surface area (Å²) in [6, 6.07) is 4.92. The molecule has 0 spiro atoms. The van der Waals surface area contributed by atoms with E-state index in [2.05, 4.69) is 20.4 Å². The molecule has 8 heteroatoms. The summed E-state index contributed by atoms with van der Waals surface area (Å²) in [6.07, 6.45) is 1.57. The van der Waals surface area contributed by atoms with Crippen molar-refractivity contribution in [3.05, 3.63) is 52.1 Å². The van der Waals surface area contributed by atoms with Crippen molar-refractivity contribution in [3.8, 4) is 0 Å². The van der Waals surface area contributed by atoms with Gasteiger partial charge < -0.3 is 9.73 Å². The zero-order chi connectivity index (χ0) is 14.8. The van der Waals surface area contributed by atoms with Crippen LogP contribution in [0.2, 0.25) is 0 Å². The number of rotatable bonds is 4. The molecule has 0 aliphatic carbocycles. The van der Waals surface area contributed by atoms with Gasteiger partial charge in [-0.3, -0.25) is 14.7 Å². The van der Waals surface area contributed by atoms with Gasteiger partial charge in [-0.25, -0.2) is 4.98 Å². The Hall–Kier alpha value is -2.90. The van der Waals surface area contributed by atoms with Crippen LogP contribution in [-0.2, 0) is 17.8 Å². The molecule has 0 saturated carbocycles. The maximum Gasteiger partial charge on any atom is 0.274 e. The quantitative estimate of drug-likeness (QED) is 0.712. The highest BCUT2D eigenvalue weighted by atomic mass is 16.3. The number of fused-ring (bicyclic) bond motifs is 1. The van der Waals surface area contributed by atoms with Gasteiger partial charge in [-0.15, -0.1) is 0 Å². The molecule has 0 fully saturated rings. The van der Waals surface area contributed by atoms with Gasteiger partial charge in [0.05, 0.1) is 19.2 Å². The first-order valence-corrected chi connectivity index (χ1v) is 6.36. The van der Waals surface area contributed by atoms with Crippen molar-refractivity contribution in [3.63, 3.8) is 0 Å². The number of carbonyl (C=O) groups excluding carboxylic acids is 1. The van der Waals surface area contributed by atoms with E-state index in [0.29, 0.717) is 23.8 Å². The molecule has 3 aromatic rings. The Morgan fingerprint density at radius 3 is 3.10 bits per heavy atom. The number of hydrogen-bond acceptors (Lipinski definition) is 5. The maximum absolute atomic E-state index is 11.8. The molecule has 1 amide bonds. The predicted molar refractivity (Wildman–Crippen MR) is 72.6 cm³/mol. The van der Waals surface area contributed by atoms with Crippen LogP contribution in [0.5, 0.6) is 0 Å². The average molecular weight is 287 g/mol. The van der Waals surface area contributed by atoms with Crippen molar-refractivity contribution in [1.29, 1.82) is 0 Å². The summed E-state index contributed by atoms with van der Waals surface area (Å²) >= 11 is 0. The summed E-state index contributed by atoms with van der Waals surface area (Å²) in [5, 5.41) is 5.46. The smallest absolute Gasteiger partial charge is 0.274 e. The van der Waals surface area contributed by atoms with Crippen LogP contribution >= 0.6 is 0 Å². The monoisotopic (exact) mass is 287 g/mol.